The molecule has 8 nitrogen and oxygen atoms in total. The highest BCUT2D eigenvalue weighted by atomic mass is 32.1. The first-order chi connectivity index (χ1) is 15.2. The van der Waals surface area contributed by atoms with E-state index in [1.165, 1.54) is 0 Å². The Hall–Kier alpha value is -3.17. The van der Waals surface area contributed by atoms with E-state index in [1.54, 1.807) is 29.3 Å². The van der Waals surface area contributed by atoms with Crippen LogP contribution in [0.3, 0.4) is 0 Å². The Morgan fingerprint density at radius 3 is 2.68 bits per heavy atom. The molecule has 1 aliphatic carbocycles. The van der Waals surface area contributed by atoms with Gasteiger partial charge in [0.25, 0.3) is 0 Å². The van der Waals surface area contributed by atoms with E-state index in [0.29, 0.717) is 12.0 Å². The van der Waals surface area contributed by atoms with Crippen molar-refractivity contribution in [2.24, 2.45) is 0 Å². The lowest BCUT2D eigenvalue weighted by molar-refractivity contribution is 0.126. The van der Waals surface area contributed by atoms with Crippen LogP contribution in [0.2, 0.25) is 0 Å². The lowest BCUT2D eigenvalue weighted by Crippen LogP contribution is -2.28. The van der Waals surface area contributed by atoms with Crippen molar-refractivity contribution < 1.29 is 9.84 Å². The summed E-state index contributed by atoms with van der Waals surface area (Å²) >= 11 is 1.63. The lowest BCUT2D eigenvalue weighted by atomic mass is 9.93. The van der Waals surface area contributed by atoms with Crippen LogP contribution in [0.25, 0.3) is 15.9 Å². The van der Waals surface area contributed by atoms with Gasteiger partial charge in [-0.1, -0.05) is 0 Å². The van der Waals surface area contributed by atoms with Gasteiger partial charge in [-0.15, -0.1) is 11.3 Å². The number of anilines is 3. The summed E-state index contributed by atoms with van der Waals surface area (Å²) < 4.78 is 8.05. The molecule has 3 aromatic heterocycles. The fourth-order valence-corrected chi connectivity index (χ4v) is 4.61. The van der Waals surface area contributed by atoms with Crippen LogP contribution in [0.5, 0.6) is 5.75 Å². The molecule has 0 aliphatic heterocycles. The number of hydrogen-bond acceptors (Lipinski definition) is 8. The summed E-state index contributed by atoms with van der Waals surface area (Å²) in [5.41, 5.74) is 2.64. The summed E-state index contributed by atoms with van der Waals surface area (Å²) in [7, 11) is 1.65. The maximum atomic E-state index is 9.78. The van der Waals surface area contributed by atoms with Crippen molar-refractivity contribution >= 4 is 39.0 Å². The van der Waals surface area contributed by atoms with Gasteiger partial charge in [0.05, 0.1) is 47.2 Å². The van der Waals surface area contributed by atoms with Gasteiger partial charge in [-0.05, 0) is 61.4 Å². The van der Waals surface area contributed by atoms with Gasteiger partial charge in [0.15, 0.2) is 0 Å². The molecule has 1 aromatic carbocycles. The maximum absolute atomic E-state index is 9.78. The minimum Gasteiger partial charge on any atom is -0.497 e. The highest BCUT2D eigenvalue weighted by Crippen LogP contribution is 2.31. The van der Waals surface area contributed by atoms with Crippen LogP contribution in [0, 0.1) is 0 Å². The van der Waals surface area contributed by atoms with Crippen LogP contribution < -0.4 is 15.4 Å². The predicted molar refractivity (Wildman–Crippen MR) is 123 cm³/mol. The van der Waals surface area contributed by atoms with Crippen LogP contribution >= 0.6 is 11.3 Å². The highest BCUT2D eigenvalue weighted by Gasteiger charge is 2.21. The summed E-state index contributed by atoms with van der Waals surface area (Å²) in [6, 6.07) is 10.0. The zero-order valence-corrected chi connectivity index (χ0v) is 18.0. The second kappa shape index (κ2) is 8.52. The zero-order chi connectivity index (χ0) is 21.2. The van der Waals surface area contributed by atoms with E-state index in [4.69, 9.17) is 9.72 Å². The van der Waals surface area contributed by atoms with Gasteiger partial charge in [-0.2, -0.15) is 10.1 Å². The first-order valence-corrected chi connectivity index (χ1v) is 11.2. The molecule has 0 atom stereocenters. The van der Waals surface area contributed by atoms with E-state index in [9.17, 15) is 5.11 Å². The number of benzene rings is 1. The molecule has 160 valence electrons. The number of hydrogen-bond donors (Lipinski definition) is 3. The number of fused-ring (bicyclic) bond motifs is 1. The Morgan fingerprint density at radius 2 is 1.90 bits per heavy atom. The summed E-state index contributed by atoms with van der Waals surface area (Å²) in [6.07, 6.45) is 7.01. The fraction of sp³-hybridized carbons (Fsp3) is 0.318. The Labute approximate surface area is 183 Å². The number of aliphatic hydroxyl groups excluding tert-OH is 1. The lowest BCUT2D eigenvalue weighted by Gasteiger charge is -2.26. The summed E-state index contributed by atoms with van der Waals surface area (Å²) in [5.74, 6) is 2.17. The van der Waals surface area contributed by atoms with E-state index in [0.717, 1.165) is 58.8 Å². The van der Waals surface area contributed by atoms with E-state index in [-0.39, 0.29) is 6.10 Å². The minimum atomic E-state index is -0.176. The highest BCUT2D eigenvalue weighted by molar-refractivity contribution is 7.17. The maximum Gasteiger partial charge on any atom is 0.229 e. The third-order valence-electron chi connectivity index (χ3n) is 5.52. The normalized spacial score (nSPS) is 18.8. The van der Waals surface area contributed by atoms with Crippen LogP contribution in [0.1, 0.15) is 25.7 Å². The third-order valence-corrected chi connectivity index (χ3v) is 6.43. The van der Waals surface area contributed by atoms with E-state index in [2.05, 4.69) is 20.7 Å². The second-order valence-electron chi connectivity index (χ2n) is 7.68. The number of methoxy groups -OCH3 is 1. The molecule has 31 heavy (non-hydrogen) atoms. The number of ether oxygens (including phenoxy) is 1. The van der Waals surface area contributed by atoms with Gasteiger partial charge in [-0.25, -0.2) is 9.67 Å². The van der Waals surface area contributed by atoms with Crippen LogP contribution in [-0.4, -0.2) is 44.1 Å². The number of nitrogens with zero attached hydrogens (tertiary/aromatic N) is 4. The van der Waals surface area contributed by atoms with Crippen molar-refractivity contribution in [1.82, 2.24) is 19.7 Å². The van der Waals surface area contributed by atoms with Crippen LogP contribution in [0.4, 0.5) is 17.5 Å². The third kappa shape index (κ3) is 4.33. The van der Waals surface area contributed by atoms with Crippen molar-refractivity contribution in [1.29, 1.82) is 0 Å². The molecule has 0 bridgehead atoms. The Kier molecular flexibility index (Phi) is 5.44. The molecule has 4 aromatic rings. The summed E-state index contributed by atoms with van der Waals surface area (Å²) in [5, 5.41) is 23.1. The first kappa shape index (κ1) is 19.8. The Morgan fingerprint density at radius 1 is 1.10 bits per heavy atom. The van der Waals surface area contributed by atoms with Gasteiger partial charge in [-0.3, -0.25) is 0 Å². The molecule has 3 N–H and O–H groups in total. The molecule has 0 unspecified atom stereocenters. The largest absolute Gasteiger partial charge is 0.497 e. The monoisotopic (exact) mass is 436 g/mol. The smallest absolute Gasteiger partial charge is 0.229 e. The Bertz CT molecular complexity index is 1160. The molecule has 1 fully saturated rings. The second-order valence-corrected chi connectivity index (χ2v) is 8.59. The number of aromatic nitrogens is 4. The van der Waals surface area contributed by atoms with Crippen molar-refractivity contribution in [2.75, 3.05) is 17.7 Å². The quantitative estimate of drug-likeness (QED) is 0.413. The predicted octanol–water partition coefficient (Wildman–Crippen LogP) is 4.34. The summed E-state index contributed by atoms with van der Waals surface area (Å²) in [6.45, 7) is 0. The SMILES string of the molecule is COc1ccc(-n2cc(Nc3nc(NC4CCC(O)CC4)c4sccc4n3)cn2)cc1. The molecule has 5 rings (SSSR count). The molecular weight excluding hydrogens is 412 g/mol. The van der Waals surface area contributed by atoms with Crippen molar-refractivity contribution in [2.45, 2.75) is 37.8 Å². The molecule has 0 radical (unpaired) electrons. The molecule has 1 aliphatic rings. The van der Waals surface area contributed by atoms with Crippen molar-refractivity contribution in [3.63, 3.8) is 0 Å². The van der Waals surface area contributed by atoms with Gasteiger partial charge in [0.2, 0.25) is 5.95 Å². The molecule has 3 heterocycles. The molecule has 0 amide bonds. The summed E-state index contributed by atoms with van der Waals surface area (Å²) in [4.78, 5) is 9.40. The average molecular weight is 437 g/mol. The van der Waals surface area contributed by atoms with Crippen molar-refractivity contribution in [3.05, 3.63) is 48.1 Å². The number of aliphatic hydroxyl groups is 1. The van der Waals surface area contributed by atoms with Gasteiger partial charge >= 0.3 is 0 Å². The van der Waals surface area contributed by atoms with Crippen LogP contribution in [-0.2, 0) is 0 Å². The average Bonchev–Trinajstić information content (AvgIpc) is 3.45. The number of rotatable bonds is 6. The standard InChI is InChI=1S/C22H24N6O2S/c1-30-18-8-4-16(5-9-18)28-13-15(12-23-28)25-22-26-19-10-11-31-20(19)21(27-22)24-14-2-6-17(29)7-3-14/h4-5,8-14,17,29H,2-3,6-7H2,1H3,(H2,24,25,26,27). The zero-order valence-electron chi connectivity index (χ0n) is 17.2. The van der Waals surface area contributed by atoms with E-state index in [1.807, 2.05) is 41.9 Å². The van der Waals surface area contributed by atoms with E-state index < -0.39 is 0 Å². The van der Waals surface area contributed by atoms with Crippen molar-refractivity contribution in [3.8, 4) is 11.4 Å². The van der Waals surface area contributed by atoms with Gasteiger partial charge in [0, 0.05) is 6.04 Å². The van der Waals surface area contributed by atoms with Gasteiger partial charge in [0.1, 0.15) is 11.6 Å². The number of thiophene rings is 1. The fourth-order valence-electron chi connectivity index (χ4n) is 3.82. The van der Waals surface area contributed by atoms with E-state index >= 15 is 0 Å². The molecule has 0 saturated heterocycles. The molecule has 0 spiro atoms. The first-order valence-electron chi connectivity index (χ1n) is 10.3. The topological polar surface area (TPSA) is 97.1 Å². The molecular formula is C22H24N6O2S. The molecule has 1 saturated carbocycles. The minimum absolute atomic E-state index is 0.176. The number of nitrogens with one attached hydrogen (secondary N) is 2. The van der Waals surface area contributed by atoms with Gasteiger partial charge < -0.3 is 20.5 Å². The molecule has 9 heteroatoms. The Balaban J connectivity index is 1.36. The van der Waals surface area contributed by atoms with Crippen LogP contribution in [0.15, 0.2) is 48.1 Å².